The minimum absolute atomic E-state index is 0. The van der Waals surface area contributed by atoms with Crippen molar-refractivity contribution in [3.63, 3.8) is 0 Å². The molecule has 22 heavy (non-hydrogen) atoms. The zero-order valence-corrected chi connectivity index (χ0v) is 12.8. The third-order valence-corrected chi connectivity index (χ3v) is 3.80. The zero-order chi connectivity index (χ0) is 14.7. The molecule has 1 fully saturated rings. The lowest BCUT2D eigenvalue weighted by Crippen LogP contribution is -2.14. The van der Waals surface area contributed by atoms with Crippen LogP contribution in [-0.2, 0) is 6.42 Å². The van der Waals surface area contributed by atoms with E-state index in [1.165, 1.54) is 6.07 Å². The lowest BCUT2D eigenvalue weighted by Gasteiger charge is -2.09. The highest BCUT2D eigenvalue weighted by Crippen LogP contribution is 2.22. The summed E-state index contributed by atoms with van der Waals surface area (Å²) in [7, 11) is 0. The summed E-state index contributed by atoms with van der Waals surface area (Å²) in [6, 6.07) is 3.60. The average molecular weight is 330 g/mol. The molecule has 1 unspecified atom stereocenters. The van der Waals surface area contributed by atoms with Crippen LogP contribution in [0, 0.1) is 17.6 Å². The Labute approximate surface area is 133 Å². The largest absolute Gasteiger partial charge is 0.339 e. The standard InChI is InChI=1S/C15H17F2N3O.ClH/c16-12-4-3-11(9-13(12)17)15-19-14(21-20-15)8-10-2-1-6-18-7-5-10;/h3-4,9-10,18H,1-2,5-8H2;1H. The fraction of sp³-hybridized carbons (Fsp3) is 0.467. The molecule has 7 heteroatoms. The maximum atomic E-state index is 13.2. The van der Waals surface area contributed by atoms with Gasteiger partial charge in [0.05, 0.1) is 0 Å². The van der Waals surface area contributed by atoms with Gasteiger partial charge in [0.1, 0.15) is 0 Å². The Balaban J connectivity index is 0.00000176. The molecule has 120 valence electrons. The molecule has 0 bridgehead atoms. The van der Waals surface area contributed by atoms with Crippen LogP contribution in [0.5, 0.6) is 0 Å². The third kappa shape index (κ3) is 4.01. The summed E-state index contributed by atoms with van der Waals surface area (Å²) in [4.78, 5) is 4.29. The molecule has 1 aliphatic heterocycles. The zero-order valence-electron chi connectivity index (χ0n) is 12.0. The van der Waals surface area contributed by atoms with E-state index in [0.29, 0.717) is 23.2 Å². The van der Waals surface area contributed by atoms with Crippen molar-refractivity contribution in [2.75, 3.05) is 13.1 Å². The van der Waals surface area contributed by atoms with Crippen LogP contribution >= 0.6 is 12.4 Å². The van der Waals surface area contributed by atoms with Crippen LogP contribution in [0.15, 0.2) is 22.7 Å². The lowest BCUT2D eigenvalue weighted by atomic mass is 9.97. The van der Waals surface area contributed by atoms with E-state index >= 15 is 0 Å². The topological polar surface area (TPSA) is 51.0 Å². The van der Waals surface area contributed by atoms with Crippen molar-refractivity contribution >= 4 is 12.4 Å². The number of hydrogen-bond donors (Lipinski definition) is 1. The lowest BCUT2D eigenvalue weighted by molar-refractivity contribution is 0.341. The second-order valence-electron chi connectivity index (χ2n) is 5.39. The third-order valence-electron chi connectivity index (χ3n) is 3.80. The molecule has 1 N–H and O–H groups in total. The predicted molar refractivity (Wildman–Crippen MR) is 80.8 cm³/mol. The summed E-state index contributed by atoms with van der Waals surface area (Å²) in [6.07, 6.45) is 4.10. The van der Waals surface area contributed by atoms with Gasteiger partial charge in [-0.25, -0.2) is 8.78 Å². The number of halogens is 3. The molecule has 1 aromatic carbocycles. The van der Waals surface area contributed by atoms with Crippen molar-refractivity contribution in [3.05, 3.63) is 35.7 Å². The van der Waals surface area contributed by atoms with Gasteiger partial charge in [0.2, 0.25) is 11.7 Å². The number of aromatic nitrogens is 2. The van der Waals surface area contributed by atoms with Gasteiger partial charge in [-0.1, -0.05) is 5.16 Å². The summed E-state index contributed by atoms with van der Waals surface area (Å²) in [5.74, 6) is -0.405. The van der Waals surface area contributed by atoms with E-state index in [9.17, 15) is 8.78 Å². The maximum absolute atomic E-state index is 13.2. The molecule has 1 atom stereocenters. The van der Waals surface area contributed by atoms with Gasteiger partial charge in [0.15, 0.2) is 11.6 Å². The molecular formula is C15H18ClF2N3O. The normalized spacial score (nSPS) is 18.5. The Kier molecular flexibility index (Phi) is 5.85. The smallest absolute Gasteiger partial charge is 0.227 e. The SMILES string of the molecule is Cl.Fc1ccc(-c2noc(CC3CCCNCC3)n2)cc1F. The van der Waals surface area contributed by atoms with E-state index < -0.39 is 11.6 Å². The van der Waals surface area contributed by atoms with Crippen molar-refractivity contribution in [1.29, 1.82) is 0 Å². The van der Waals surface area contributed by atoms with Crippen LogP contribution in [0.2, 0.25) is 0 Å². The van der Waals surface area contributed by atoms with Gasteiger partial charge < -0.3 is 9.84 Å². The molecule has 0 saturated carbocycles. The van der Waals surface area contributed by atoms with Gasteiger partial charge in [0.25, 0.3) is 0 Å². The highest BCUT2D eigenvalue weighted by atomic mass is 35.5. The quantitative estimate of drug-likeness (QED) is 0.938. The molecule has 1 aliphatic rings. The molecule has 2 aromatic rings. The van der Waals surface area contributed by atoms with Crippen molar-refractivity contribution in [2.45, 2.75) is 25.7 Å². The second kappa shape index (κ2) is 7.65. The number of rotatable bonds is 3. The van der Waals surface area contributed by atoms with Crippen molar-refractivity contribution in [2.24, 2.45) is 5.92 Å². The molecular weight excluding hydrogens is 312 g/mol. The van der Waals surface area contributed by atoms with Crippen molar-refractivity contribution < 1.29 is 13.3 Å². The summed E-state index contributed by atoms with van der Waals surface area (Å²) < 4.78 is 31.4. The van der Waals surface area contributed by atoms with E-state index in [0.717, 1.165) is 50.9 Å². The predicted octanol–water partition coefficient (Wildman–Crippen LogP) is 3.37. The highest BCUT2D eigenvalue weighted by molar-refractivity contribution is 5.85. The Morgan fingerprint density at radius 3 is 2.86 bits per heavy atom. The van der Waals surface area contributed by atoms with Gasteiger partial charge in [0, 0.05) is 12.0 Å². The van der Waals surface area contributed by atoms with Crippen LogP contribution in [0.4, 0.5) is 8.78 Å². The molecule has 0 spiro atoms. The fourth-order valence-corrected chi connectivity index (χ4v) is 2.63. The van der Waals surface area contributed by atoms with E-state index in [1.54, 1.807) is 0 Å². The first-order chi connectivity index (χ1) is 10.2. The minimum atomic E-state index is -0.909. The molecule has 0 amide bonds. The highest BCUT2D eigenvalue weighted by Gasteiger charge is 2.17. The van der Waals surface area contributed by atoms with E-state index in [-0.39, 0.29) is 12.4 Å². The number of nitrogens with zero attached hydrogens (tertiary/aromatic N) is 2. The Bertz CT molecular complexity index is 613. The molecule has 3 rings (SSSR count). The van der Waals surface area contributed by atoms with Crippen LogP contribution < -0.4 is 5.32 Å². The molecule has 1 saturated heterocycles. The number of nitrogens with one attached hydrogen (secondary N) is 1. The maximum Gasteiger partial charge on any atom is 0.227 e. The Hall–Kier alpha value is -1.53. The van der Waals surface area contributed by atoms with Crippen LogP contribution in [0.3, 0.4) is 0 Å². The Morgan fingerprint density at radius 2 is 2.05 bits per heavy atom. The molecule has 2 heterocycles. The first kappa shape index (κ1) is 16.8. The number of benzene rings is 1. The molecule has 4 nitrogen and oxygen atoms in total. The monoisotopic (exact) mass is 329 g/mol. The summed E-state index contributed by atoms with van der Waals surface area (Å²) in [5.41, 5.74) is 0.423. The first-order valence-corrected chi connectivity index (χ1v) is 7.21. The van der Waals surface area contributed by atoms with E-state index in [2.05, 4.69) is 15.5 Å². The minimum Gasteiger partial charge on any atom is -0.339 e. The molecule has 0 aliphatic carbocycles. The summed E-state index contributed by atoms with van der Waals surface area (Å²) >= 11 is 0. The summed E-state index contributed by atoms with van der Waals surface area (Å²) in [6.45, 7) is 2.06. The van der Waals surface area contributed by atoms with Crippen molar-refractivity contribution in [1.82, 2.24) is 15.5 Å². The van der Waals surface area contributed by atoms with Gasteiger partial charge in [-0.05, 0) is 56.5 Å². The van der Waals surface area contributed by atoms with E-state index in [1.807, 2.05) is 0 Å². The second-order valence-corrected chi connectivity index (χ2v) is 5.39. The number of hydrogen-bond acceptors (Lipinski definition) is 4. The van der Waals surface area contributed by atoms with E-state index in [4.69, 9.17) is 4.52 Å². The van der Waals surface area contributed by atoms with Crippen LogP contribution in [0.1, 0.15) is 25.2 Å². The summed E-state index contributed by atoms with van der Waals surface area (Å²) in [5, 5.41) is 7.22. The van der Waals surface area contributed by atoms with Crippen LogP contribution in [-0.4, -0.2) is 23.2 Å². The Morgan fingerprint density at radius 1 is 1.18 bits per heavy atom. The molecule has 1 aromatic heterocycles. The van der Waals surface area contributed by atoms with Gasteiger partial charge in [-0.2, -0.15) is 4.98 Å². The molecule has 0 radical (unpaired) electrons. The first-order valence-electron chi connectivity index (χ1n) is 7.21. The van der Waals surface area contributed by atoms with Gasteiger partial charge in [-0.15, -0.1) is 12.4 Å². The fourth-order valence-electron chi connectivity index (χ4n) is 2.63. The van der Waals surface area contributed by atoms with Gasteiger partial charge in [-0.3, -0.25) is 0 Å². The van der Waals surface area contributed by atoms with Gasteiger partial charge >= 0.3 is 0 Å². The average Bonchev–Trinajstić information content (AvgIpc) is 2.78. The van der Waals surface area contributed by atoms with Crippen LogP contribution in [0.25, 0.3) is 11.4 Å². The van der Waals surface area contributed by atoms with Crippen molar-refractivity contribution in [3.8, 4) is 11.4 Å².